The van der Waals surface area contributed by atoms with Crippen molar-refractivity contribution >= 4 is 11.6 Å². The number of piperazine rings is 1. The summed E-state index contributed by atoms with van der Waals surface area (Å²) in [6.45, 7) is 16.9. The Hall–Kier alpha value is -0.0500. The van der Waals surface area contributed by atoms with Crippen LogP contribution in [-0.4, -0.2) is 36.6 Å². The van der Waals surface area contributed by atoms with Crippen molar-refractivity contribution in [3.63, 3.8) is 0 Å². The van der Waals surface area contributed by atoms with Gasteiger partial charge in [-0.05, 0) is 30.3 Å². The average molecular weight is 287 g/mol. The van der Waals surface area contributed by atoms with Gasteiger partial charge in [0.05, 0.1) is 0 Å². The first-order valence-electron chi connectivity index (χ1n) is 7.47. The molecular weight excluding hydrogens is 256 g/mol. The molecule has 1 saturated heterocycles. The maximum Gasteiger partial charge on any atom is 0.0273 e. The molecule has 3 heteroatoms. The van der Waals surface area contributed by atoms with Crippen molar-refractivity contribution in [2.24, 2.45) is 11.3 Å². The Balaban J connectivity index is 2.74. The predicted molar refractivity (Wildman–Crippen MR) is 85.7 cm³/mol. The highest BCUT2D eigenvalue weighted by atomic mass is 35.5. The van der Waals surface area contributed by atoms with Crippen molar-refractivity contribution in [1.29, 1.82) is 0 Å². The summed E-state index contributed by atoms with van der Waals surface area (Å²) in [4.78, 5) is 2.61. The Bertz CT molecular complexity index is 304. The van der Waals surface area contributed by atoms with Gasteiger partial charge in [-0.25, -0.2) is 0 Å². The van der Waals surface area contributed by atoms with Crippen molar-refractivity contribution in [2.45, 2.75) is 60.0 Å². The predicted octanol–water partition coefficient (Wildman–Crippen LogP) is 3.86. The standard InChI is InChI=1S/C16H31ClN2/c1-12(2)7-14-11-19(10-13(3)8-17)15(9-18-14)16(4,5)6/h8,12,14-15,18H,7,9-11H2,1-6H3. The molecule has 1 heterocycles. The first-order valence-corrected chi connectivity index (χ1v) is 7.91. The van der Waals surface area contributed by atoms with E-state index in [-0.39, 0.29) is 0 Å². The summed E-state index contributed by atoms with van der Waals surface area (Å²) in [6, 6.07) is 1.18. The van der Waals surface area contributed by atoms with Crippen molar-refractivity contribution < 1.29 is 0 Å². The lowest BCUT2D eigenvalue weighted by Gasteiger charge is -2.47. The molecule has 2 unspecified atom stereocenters. The van der Waals surface area contributed by atoms with Gasteiger partial charge in [-0.3, -0.25) is 4.90 Å². The van der Waals surface area contributed by atoms with Crippen LogP contribution in [0.15, 0.2) is 11.1 Å². The topological polar surface area (TPSA) is 15.3 Å². The van der Waals surface area contributed by atoms with E-state index in [2.05, 4.69) is 51.8 Å². The summed E-state index contributed by atoms with van der Waals surface area (Å²) in [5.41, 5.74) is 3.27. The minimum atomic E-state index is 0.294. The molecule has 1 fully saturated rings. The highest BCUT2D eigenvalue weighted by Gasteiger charge is 2.35. The summed E-state index contributed by atoms with van der Waals surface area (Å²) in [7, 11) is 0. The molecule has 1 rings (SSSR count). The van der Waals surface area contributed by atoms with Crippen LogP contribution in [-0.2, 0) is 0 Å². The molecule has 1 N–H and O–H groups in total. The van der Waals surface area contributed by atoms with E-state index in [0.717, 1.165) is 25.6 Å². The molecule has 0 spiro atoms. The van der Waals surface area contributed by atoms with Crippen LogP contribution in [0.25, 0.3) is 0 Å². The van der Waals surface area contributed by atoms with Crippen LogP contribution >= 0.6 is 11.6 Å². The fourth-order valence-electron chi connectivity index (χ4n) is 2.99. The second-order valence-corrected chi connectivity index (χ2v) is 7.72. The number of hydrogen-bond donors (Lipinski definition) is 1. The maximum absolute atomic E-state index is 5.85. The molecule has 0 amide bonds. The van der Waals surface area contributed by atoms with Gasteiger partial charge in [0.25, 0.3) is 0 Å². The first-order chi connectivity index (χ1) is 8.74. The molecule has 1 aliphatic rings. The number of hydrogen-bond acceptors (Lipinski definition) is 2. The molecule has 0 aromatic heterocycles. The fourth-order valence-corrected chi connectivity index (χ4v) is 3.06. The molecule has 0 radical (unpaired) electrons. The molecule has 0 aromatic rings. The van der Waals surface area contributed by atoms with E-state index in [1.807, 2.05) is 0 Å². The van der Waals surface area contributed by atoms with Gasteiger partial charge in [0.15, 0.2) is 0 Å². The van der Waals surface area contributed by atoms with Crippen molar-refractivity contribution in [2.75, 3.05) is 19.6 Å². The minimum absolute atomic E-state index is 0.294. The molecule has 2 atom stereocenters. The van der Waals surface area contributed by atoms with E-state index in [4.69, 9.17) is 11.6 Å². The number of nitrogens with one attached hydrogen (secondary N) is 1. The monoisotopic (exact) mass is 286 g/mol. The molecule has 0 saturated carbocycles. The fraction of sp³-hybridized carbons (Fsp3) is 0.875. The second-order valence-electron chi connectivity index (χ2n) is 7.50. The van der Waals surface area contributed by atoms with Crippen LogP contribution in [0.4, 0.5) is 0 Å². The Morgan fingerprint density at radius 1 is 1.42 bits per heavy atom. The lowest BCUT2D eigenvalue weighted by atomic mass is 9.83. The van der Waals surface area contributed by atoms with Crippen LogP contribution in [0, 0.1) is 11.3 Å². The summed E-state index contributed by atoms with van der Waals surface area (Å²) in [5, 5.41) is 3.73. The lowest BCUT2D eigenvalue weighted by molar-refractivity contribution is 0.0594. The second kappa shape index (κ2) is 7.10. The molecule has 19 heavy (non-hydrogen) atoms. The third-order valence-corrected chi connectivity index (χ3v) is 4.26. The van der Waals surface area contributed by atoms with Crippen LogP contribution in [0.1, 0.15) is 48.0 Å². The third kappa shape index (κ3) is 5.45. The largest absolute Gasteiger partial charge is 0.311 e. The van der Waals surface area contributed by atoms with E-state index in [9.17, 15) is 0 Å². The van der Waals surface area contributed by atoms with E-state index in [1.54, 1.807) is 5.54 Å². The van der Waals surface area contributed by atoms with Crippen molar-refractivity contribution in [3.05, 3.63) is 11.1 Å². The highest BCUT2D eigenvalue weighted by molar-refractivity contribution is 6.25. The zero-order valence-electron chi connectivity index (χ0n) is 13.5. The normalized spacial score (nSPS) is 27.1. The van der Waals surface area contributed by atoms with Gasteiger partial charge in [0.1, 0.15) is 0 Å². The van der Waals surface area contributed by atoms with Gasteiger partial charge in [0, 0.05) is 37.3 Å². The molecule has 2 nitrogen and oxygen atoms in total. The third-order valence-electron chi connectivity index (χ3n) is 3.89. The zero-order chi connectivity index (χ0) is 14.6. The Labute approximate surface area is 124 Å². The summed E-state index contributed by atoms with van der Waals surface area (Å²) >= 11 is 5.85. The number of nitrogens with zero attached hydrogens (tertiary/aromatic N) is 1. The van der Waals surface area contributed by atoms with Gasteiger partial charge >= 0.3 is 0 Å². The van der Waals surface area contributed by atoms with Crippen molar-refractivity contribution in [1.82, 2.24) is 10.2 Å². The number of halogens is 1. The summed E-state index contributed by atoms with van der Waals surface area (Å²) in [5.74, 6) is 0.746. The van der Waals surface area contributed by atoms with E-state index < -0.39 is 0 Å². The van der Waals surface area contributed by atoms with Gasteiger partial charge in [-0.1, -0.05) is 46.2 Å². The Kier molecular flexibility index (Phi) is 6.35. The van der Waals surface area contributed by atoms with Crippen LogP contribution < -0.4 is 5.32 Å². The summed E-state index contributed by atoms with van der Waals surface area (Å²) in [6.07, 6.45) is 1.25. The molecule has 0 aromatic carbocycles. The summed E-state index contributed by atoms with van der Waals surface area (Å²) < 4.78 is 0. The Morgan fingerprint density at radius 2 is 2.05 bits per heavy atom. The zero-order valence-corrected chi connectivity index (χ0v) is 14.2. The highest BCUT2D eigenvalue weighted by Crippen LogP contribution is 2.28. The molecule has 112 valence electrons. The van der Waals surface area contributed by atoms with E-state index in [0.29, 0.717) is 17.5 Å². The van der Waals surface area contributed by atoms with Gasteiger partial charge < -0.3 is 5.32 Å². The average Bonchev–Trinajstić information content (AvgIpc) is 2.26. The van der Waals surface area contributed by atoms with Crippen LogP contribution in [0.3, 0.4) is 0 Å². The molecule has 0 bridgehead atoms. The molecular formula is C16H31ClN2. The molecule has 1 aliphatic heterocycles. The smallest absolute Gasteiger partial charge is 0.0273 e. The minimum Gasteiger partial charge on any atom is -0.311 e. The van der Waals surface area contributed by atoms with E-state index >= 15 is 0 Å². The lowest BCUT2D eigenvalue weighted by Crippen LogP contribution is -2.60. The van der Waals surface area contributed by atoms with E-state index in [1.165, 1.54) is 12.0 Å². The van der Waals surface area contributed by atoms with Gasteiger partial charge in [-0.15, -0.1) is 0 Å². The van der Waals surface area contributed by atoms with Crippen molar-refractivity contribution in [3.8, 4) is 0 Å². The maximum atomic E-state index is 5.85. The van der Waals surface area contributed by atoms with Crippen LogP contribution in [0.5, 0.6) is 0 Å². The Morgan fingerprint density at radius 3 is 2.53 bits per heavy atom. The van der Waals surface area contributed by atoms with Gasteiger partial charge in [-0.2, -0.15) is 0 Å². The SMILES string of the molecule is CC(=CCl)CN1CC(CC(C)C)NCC1C(C)(C)C. The molecule has 0 aliphatic carbocycles. The van der Waals surface area contributed by atoms with Crippen LogP contribution in [0.2, 0.25) is 0 Å². The quantitative estimate of drug-likeness (QED) is 0.844. The van der Waals surface area contributed by atoms with Gasteiger partial charge in [0.2, 0.25) is 0 Å². The first kappa shape index (κ1) is 17.0. The number of rotatable bonds is 4.